The van der Waals surface area contributed by atoms with Crippen LogP contribution in [0.25, 0.3) is 11.1 Å². The van der Waals surface area contributed by atoms with Crippen molar-refractivity contribution in [2.45, 2.75) is 12.8 Å². The summed E-state index contributed by atoms with van der Waals surface area (Å²) in [6.07, 6.45) is 4.30. The third-order valence-electron chi connectivity index (χ3n) is 2.58. The van der Waals surface area contributed by atoms with Gasteiger partial charge in [-0.2, -0.15) is 0 Å². The number of rotatable bonds is 4. The highest BCUT2D eigenvalue weighted by atomic mass is 16.4. The first-order valence-electron chi connectivity index (χ1n) is 5.47. The molecular formula is C14H13NO2. The molecule has 17 heavy (non-hydrogen) atoms. The van der Waals surface area contributed by atoms with Crippen LogP contribution in [0.5, 0.6) is 0 Å². The van der Waals surface area contributed by atoms with Crippen molar-refractivity contribution in [1.82, 2.24) is 4.98 Å². The quantitative estimate of drug-likeness (QED) is 0.873. The SMILES string of the molecule is O=C(O)CCc1ccc(-c2cccnc2)cc1. The Balaban J connectivity index is 2.11. The van der Waals surface area contributed by atoms with Gasteiger partial charge in [0, 0.05) is 18.8 Å². The maximum Gasteiger partial charge on any atom is 0.303 e. The van der Waals surface area contributed by atoms with E-state index < -0.39 is 5.97 Å². The Labute approximate surface area is 99.8 Å². The Kier molecular flexibility index (Phi) is 3.50. The third kappa shape index (κ3) is 3.14. The minimum absolute atomic E-state index is 0.173. The molecule has 0 amide bonds. The van der Waals surface area contributed by atoms with E-state index >= 15 is 0 Å². The first kappa shape index (κ1) is 11.3. The molecule has 0 aliphatic heterocycles. The van der Waals surface area contributed by atoms with Gasteiger partial charge in [0.1, 0.15) is 0 Å². The van der Waals surface area contributed by atoms with E-state index in [0.717, 1.165) is 16.7 Å². The van der Waals surface area contributed by atoms with Crippen molar-refractivity contribution in [1.29, 1.82) is 0 Å². The minimum Gasteiger partial charge on any atom is -0.481 e. The Morgan fingerprint density at radius 1 is 1.12 bits per heavy atom. The summed E-state index contributed by atoms with van der Waals surface area (Å²) in [5.41, 5.74) is 3.20. The van der Waals surface area contributed by atoms with Crippen LogP contribution in [0.4, 0.5) is 0 Å². The number of carbonyl (C=O) groups is 1. The highest BCUT2D eigenvalue weighted by Gasteiger charge is 2.00. The number of carboxylic acid groups (broad SMARTS) is 1. The molecule has 1 N–H and O–H groups in total. The zero-order valence-electron chi connectivity index (χ0n) is 9.34. The lowest BCUT2D eigenvalue weighted by molar-refractivity contribution is -0.136. The fourth-order valence-corrected chi connectivity index (χ4v) is 1.65. The van der Waals surface area contributed by atoms with Gasteiger partial charge in [0.2, 0.25) is 0 Å². The molecule has 0 aliphatic carbocycles. The van der Waals surface area contributed by atoms with Crippen LogP contribution in [-0.4, -0.2) is 16.1 Å². The van der Waals surface area contributed by atoms with E-state index in [2.05, 4.69) is 4.98 Å². The molecule has 2 aromatic rings. The smallest absolute Gasteiger partial charge is 0.303 e. The summed E-state index contributed by atoms with van der Waals surface area (Å²) in [6, 6.07) is 11.8. The minimum atomic E-state index is -0.763. The van der Waals surface area contributed by atoms with Crippen molar-refractivity contribution >= 4 is 5.97 Å². The van der Waals surface area contributed by atoms with Crippen molar-refractivity contribution in [3.05, 3.63) is 54.4 Å². The number of aromatic nitrogens is 1. The van der Waals surface area contributed by atoms with E-state index in [0.29, 0.717) is 6.42 Å². The molecule has 0 radical (unpaired) electrons. The van der Waals surface area contributed by atoms with Gasteiger partial charge in [-0.15, -0.1) is 0 Å². The topological polar surface area (TPSA) is 50.2 Å². The molecule has 1 heterocycles. The molecule has 1 aromatic carbocycles. The highest BCUT2D eigenvalue weighted by molar-refractivity contribution is 5.67. The standard InChI is InChI=1S/C14H13NO2/c16-14(17)8-5-11-3-6-12(7-4-11)13-2-1-9-15-10-13/h1-4,6-7,9-10H,5,8H2,(H,16,17). The summed E-state index contributed by atoms with van der Waals surface area (Å²) >= 11 is 0. The number of pyridine rings is 1. The average Bonchev–Trinajstić information content (AvgIpc) is 2.38. The summed E-state index contributed by atoms with van der Waals surface area (Å²) < 4.78 is 0. The van der Waals surface area contributed by atoms with Crippen LogP contribution in [0.3, 0.4) is 0 Å². The van der Waals surface area contributed by atoms with Crippen molar-refractivity contribution in [3.63, 3.8) is 0 Å². The van der Waals surface area contributed by atoms with Crippen LogP contribution >= 0.6 is 0 Å². The zero-order chi connectivity index (χ0) is 12.1. The summed E-state index contributed by atoms with van der Waals surface area (Å²) in [5.74, 6) is -0.763. The second-order valence-electron chi connectivity index (χ2n) is 3.83. The fourth-order valence-electron chi connectivity index (χ4n) is 1.65. The predicted octanol–water partition coefficient (Wildman–Crippen LogP) is 2.77. The monoisotopic (exact) mass is 227 g/mol. The van der Waals surface area contributed by atoms with Gasteiger partial charge in [-0.25, -0.2) is 0 Å². The van der Waals surface area contributed by atoms with Crippen LogP contribution < -0.4 is 0 Å². The number of carboxylic acids is 1. The van der Waals surface area contributed by atoms with E-state index in [1.54, 1.807) is 6.20 Å². The van der Waals surface area contributed by atoms with E-state index in [-0.39, 0.29) is 6.42 Å². The van der Waals surface area contributed by atoms with Crippen molar-refractivity contribution in [2.24, 2.45) is 0 Å². The largest absolute Gasteiger partial charge is 0.481 e. The van der Waals surface area contributed by atoms with Crippen molar-refractivity contribution in [3.8, 4) is 11.1 Å². The predicted molar refractivity (Wildman–Crippen MR) is 65.6 cm³/mol. The molecule has 0 saturated carbocycles. The maximum absolute atomic E-state index is 10.5. The Morgan fingerprint density at radius 2 is 1.88 bits per heavy atom. The van der Waals surface area contributed by atoms with E-state index in [1.807, 2.05) is 42.6 Å². The number of hydrogen-bond donors (Lipinski definition) is 1. The van der Waals surface area contributed by atoms with Gasteiger partial charge in [0.05, 0.1) is 0 Å². The number of aryl methyl sites for hydroxylation is 1. The molecule has 0 atom stereocenters. The van der Waals surface area contributed by atoms with Gasteiger partial charge in [0.15, 0.2) is 0 Å². The Hall–Kier alpha value is -2.16. The molecule has 86 valence electrons. The van der Waals surface area contributed by atoms with E-state index in [4.69, 9.17) is 5.11 Å². The van der Waals surface area contributed by atoms with Crippen LogP contribution in [0, 0.1) is 0 Å². The molecule has 3 nitrogen and oxygen atoms in total. The van der Waals surface area contributed by atoms with Gasteiger partial charge in [-0.3, -0.25) is 9.78 Å². The Morgan fingerprint density at radius 3 is 2.47 bits per heavy atom. The first-order chi connectivity index (χ1) is 8.25. The van der Waals surface area contributed by atoms with Crippen LogP contribution in [0.1, 0.15) is 12.0 Å². The van der Waals surface area contributed by atoms with Crippen molar-refractivity contribution < 1.29 is 9.90 Å². The van der Waals surface area contributed by atoms with Gasteiger partial charge in [0.25, 0.3) is 0 Å². The molecule has 3 heteroatoms. The van der Waals surface area contributed by atoms with Crippen LogP contribution in [-0.2, 0) is 11.2 Å². The second kappa shape index (κ2) is 5.25. The molecular weight excluding hydrogens is 214 g/mol. The van der Waals surface area contributed by atoms with Gasteiger partial charge >= 0.3 is 5.97 Å². The lowest BCUT2D eigenvalue weighted by atomic mass is 10.0. The number of aliphatic carboxylic acids is 1. The maximum atomic E-state index is 10.5. The van der Waals surface area contributed by atoms with Gasteiger partial charge < -0.3 is 5.11 Å². The number of hydrogen-bond acceptors (Lipinski definition) is 2. The molecule has 0 fully saturated rings. The van der Waals surface area contributed by atoms with E-state index in [1.165, 1.54) is 0 Å². The fraction of sp³-hybridized carbons (Fsp3) is 0.143. The second-order valence-corrected chi connectivity index (χ2v) is 3.83. The number of benzene rings is 1. The molecule has 0 saturated heterocycles. The molecule has 0 bridgehead atoms. The molecule has 0 spiro atoms. The molecule has 0 aliphatic rings. The molecule has 2 rings (SSSR count). The van der Waals surface area contributed by atoms with Gasteiger partial charge in [-0.1, -0.05) is 30.3 Å². The summed E-state index contributed by atoms with van der Waals surface area (Å²) in [6.45, 7) is 0. The molecule has 0 unspecified atom stereocenters. The average molecular weight is 227 g/mol. The highest BCUT2D eigenvalue weighted by Crippen LogP contribution is 2.18. The third-order valence-corrected chi connectivity index (χ3v) is 2.58. The van der Waals surface area contributed by atoms with Crippen LogP contribution in [0.2, 0.25) is 0 Å². The number of nitrogens with zero attached hydrogens (tertiary/aromatic N) is 1. The Bertz CT molecular complexity index is 491. The normalized spacial score (nSPS) is 10.1. The lowest BCUT2D eigenvalue weighted by Crippen LogP contribution is -1.97. The zero-order valence-corrected chi connectivity index (χ0v) is 9.34. The summed E-state index contributed by atoms with van der Waals surface area (Å²) in [4.78, 5) is 14.5. The van der Waals surface area contributed by atoms with E-state index in [9.17, 15) is 4.79 Å². The summed E-state index contributed by atoms with van der Waals surface area (Å²) in [7, 11) is 0. The molecule has 1 aromatic heterocycles. The van der Waals surface area contributed by atoms with Gasteiger partial charge in [-0.05, 0) is 29.2 Å². The summed E-state index contributed by atoms with van der Waals surface area (Å²) in [5, 5.41) is 8.60. The van der Waals surface area contributed by atoms with Crippen LogP contribution in [0.15, 0.2) is 48.8 Å². The van der Waals surface area contributed by atoms with Crippen molar-refractivity contribution in [2.75, 3.05) is 0 Å². The lowest BCUT2D eigenvalue weighted by Gasteiger charge is -2.03. The first-order valence-corrected chi connectivity index (χ1v) is 5.47.